The van der Waals surface area contributed by atoms with Crippen molar-refractivity contribution in [1.82, 2.24) is 63.5 Å². The molecule has 3 aromatic carbocycles. The van der Waals surface area contributed by atoms with Gasteiger partial charge in [0.05, 0.1) is 6.54 Å². The second-order valence-corrected chi connectivity index (χ2v) is 22.8. The van der Waals surface area contributed by atoms with Gasteiger partial charge in [0.2, 0.25) is 53.2 Å². The highest BCUT2D eigenvalue weighted by atomic mass is 16.2. The second kappa shape index (κ2) is 33.0. The van der Waals surface area contributed by atoms with E-state index in [4.69, 9.17) is 5.73 Å². The summed E-state index contributed by atoms with van der Waals surface area (Å²) in [6.07, 6.45) is 5.75. The maximum Gasteiger partial charge on any atom is 0.246 e. The average molecular weight is 1160 g/mol. The van der Waals surface area contributed by atoms with Crippen molar-refractivity contribution in [2.45, 2.75) is 173 Å². The van der Waals surface area contributed by atoms with Gasteiger partial charge in [-0.3, -0.25) is 43.2 Å². The van der Waals surface area contributed by atoms with E-state index in [2.05, 4.69) is 63.5 Å². The Kier molecular flexibility index (Phi) is 27.0. The summed E-state index contributed by atoms with van der Waals surface area (Å²) in [5.41, 5.74) is 2.83. The van der Waals surface area contributed by atoms with Crippen LogP contribution in [0.5, 0.6) is 0 Å². The van der Waals surface area contributed by atoms with Crippen molar-refractivity contribution >= 4 is 64.1 Å². The molecule has 0 fully saturated rings. The molecular formula is C62H93N13O9. The van der Waals surface area contributed by atoms with Crippen molar-refractivity contribution in [3.05, 3.63) is 108 Å². The minimum atomic E-state index is -1.62. The first-order chi connectivity index (χ1) is 39.8. The van der Waals surface area contributed by atoms with Gasteiger partial charge in [0.15, 0.2) is 0 Å². The Morgan fingerprint density at radius 1 is 0.536 bits per heavy atom. The SMILES string of the molecule is CC[C@@](C)(NC(=O)[C@H](C)NC(=O)C(C)(C)NC(=O)[C@](C)(CC)NC(=O)[C@H](Cc1ccccc1)NC(C)=O)C(=O)NCC(=O)N[C@@H](Cc1c[nH]c2ccccc12)C(=O)N[C@@](C)(CC)C(=O)N[C@H](CNCCCNCCCCN)Cc1ccccc1. The van der Waals surface area contributed by atoms with Crippen LogP contribution in [-0.2, 0) is 62.4 Å². The lowest BCUT2D eigenvalue weighted by atomic mass is 9.93. The predicted molar refractivity (Wildman–Crippen MR) is 326 cm³/mol. The average Bonchev–Trinajstić information content (AvgIpc) is 4.07. The smallest absolute Gasteiger partial charge is 0.246 e. The third-order valence-electron chi connectivity index (χ3n) is 15.3. The Balaban J connectivity index is 1.40. The minimum absolute atomic E-state index is 0.0240. The number of aromatic amines is 1. The van der Waals surface area contributed by atoms with Crippen molar-refractivity contribution < 1.29 is 43.2 Å². The standard InChI is InChI=1S/C62H93N13O9/c1-11-60(8,72-52(78)41(4)68-55(81)59(6,7)75-58(84)62(10,13-3)74-53(79)49(69-42(5)76)36-44-27-18-15-19-28-44)56(82)67-40-51(77)71-50(37-45-38-66-48-30-21-20-29-47(45)48)54(80)73-61(9,12-2)57(83)70-46(35-43-25-16-14-17-26-43)39-65-34-24-33-64-32-23-22-31-63/h14-21,25-30,38,41,46,49-50,64-66H,11-13,22-24,31-37,39-40,63H2,1-10H3,(H,67,82)(H,68,81)(H,69,76)(H,70,83)(H,71,77)(H,72,78)(H,73,80)(H,74,79)(H,75,84)/t41-,46-,49-,50-,60+,61-,62-/m0/s1. The van der Waals surface area contributed by atoms with Crippen molar-refractivity contribution in [2.24, 2.45) is 5.73 Å². The molecule has 22 heteroatoms. The largest absolute Gasteiger partial charge is 0.361 e. The second-order valence-electron chi connectivity index (χ2n) is 22.8. The Labute approximate surface area is 495 Å². The van der Waals surface area contributed by atoms with Gasteiger partial charge in [-0.05, 0) is 135 Å². The first-order valence-corrected chi connectivity index (χ1v) is 29.3. The number of H-pyrrole nitrogens is 1. The molecule has 460 valence electrons. The van der Waals surface area contributed by atoms with Crippen molar-refractivity contribution in [2.75, 3.05) is 39.3 Å². The molecular weight excluding hydrogens is 1070 g/mol. The molecule has 4 rings (SSSR count). The van der Waals surface area contributed by atoms with E-state index in [-0.39, 0.29) is 38.1 Å². The van der Waals surface area contributed by atoms with Crippen LogP contribution in [0.2, 0.25) is 0 Å². The van der Waals surface area contributed by atoms with Gasteiger partial charge in [0.1, 0.15) is 40.3 Å². The van der Waals surface area contributed by atoms with Crippen molar-refractivity contribution in [3.63, 3.8) is 0 Å². The number of hydrogen-bond acceptors (Lipinski definition) is 12. The number of para-hydroxylation sites is 1. The number of unbranched alkanes of at least 4 members (excludes halogenated alkanes) is 1. The summed E-state index contributed by atoms with van der Waals surface area (Å²) in [5.74, 6) is -5.71. The number of amides is 9. The minimum Gasteiger partial charge on any atom is -0.361 e. The molecule has 14 N–H and O–H groups in total. The summed E-state index contributed by atoms with van der Waals surface area (Å²) in [5, 5.41) is 32.6. The molecule has 0 aliphatic carbocycles. The van der Waals surface area contributed by atoms with Crippen LogP contribution < -0.4 is 64.2 Å². The normalized spacial score (nSPS) is 15.0. The molecule has 0 saturated heterocycles. The van der Waals surface area contributed by atoms with Crippen LogP contribution in [0, 0.1) is 0 Å². The van der Waals surface area contributed by atoms with E-state index in [0.717, 1.165) is 66.5 Å². The maximum atomic E-state index is 14.5. The highest BCUT2D eigenvalue weighted by Gasteiger charge is 2.42. The lowest BCUT2D eigenvalue weighted by Gasteiger charge is -2.35. The van der Waals surface area contributed by atoms with Crippen molar-refractivity contribution in [1.29, 1.82) is 0 Å². The fourth-order valence-electron chi connectivity index (χ4n) is 9.12. The van der Waals surface area contributed by atoms with E-state index < -0.39 is 100.0 Å². The van der Waals surface area contributed by atoms with E-state index >= 15 is 0 Å². The van der Waals surface area contributed by atoms with Gasteiger partial charge < -0.3 is 69.2 Å². The lowest BCUT2D eigenvalue weighted by Crippen LogP contribution is -2.66. The zero-order valence-electron chi connectivity index (χ0n) is 50.8. The Bertz CT molecular complexity index is 2830. The number of carbonyl (C=O) groups is 9. The summed E-state index contributed by atoms with van der Waals surface area (Å²) in [6, 6.07) is 22.6. The number of hydrogen-bond donors (Lipinski definition) is 13. The number of fused-ring (bicyclic) bond motifs is 1. The third kappa shape index (κ3) is 21.2. The molecule has 84 heavy (non-hydrogen) atoms. The van der Waals surface area contributed by atoms with Crippen molar-refractivity contribution in [3.8, 4) is 0 Å². The number of nitrogens with one attached hydrogen (secondary N) is 12. The van der Waals surface area contributed by atoms with Gasteiger partial charge in [-0.2, -0.15) is 0 Å². The van der Waals surface area contributed by atoms with Gasteiger partial charge in [-0.25, -0.2) is 0 Å². The first kappa shape index (κ1) is 68.8. The van der Waals surface area contributed by atoms with Crippen LogP contribution in [0.25, 0.3) is 10.9 Å². The maximum absolute atomic E-state index is 14.5. The molecule has 1 aromatic heterocycles. The zero-order valence-corrected chi connectivity index (χ0v) is 50.8. The Hall–Kier alpha value is -7.69. The monoisotopic (exact) mass is 1160 g/mol. The third-order valence-corrected chi connectivity index (χ3v) is 15.3. The summed E-state index contributed by atoms with van der Waals surface area (Å²) in [4.78, 5) is 127. The van der Waals surface area contributed by atoms with E-state index in [1.807, 2.05) is 72.8 Å². The molecule has 0 saturated carbocycles. The van der Waals surface area contributed by atoms with E-state index in [9.17, 15) is 43.2 Å². The van der Waals surface area contributed by atoms with Crippen LogP contribution in [0.15, 0.2) is 91.1 Å². The van der Waals surface area contributed by atoms with Crippen LogP contribution in [0.4, 0.5) is 0 Å². The summed E-state index contributed by atoms with van der Waals surface area (Å²) in [7, 11) is 0. The van der Waals surface area contributed by atoms with Crippen LogP contribution in [-0.4, -0.2) is 144 Å². The number of benzene rings is 3. The molecule has 0 bridgehead atoms. The molecule has 0 spiro atoms. The van der Waals surface area contributed by atoms with Crippen LogP contribution in [0.3, 0.4) is 0 Å². The molecule has 1 heterocycles. The molecule has 7 atom stereocenters. The number of aromatic nitrogens is 1. The van der Waals surface area contributed by atoms with E-state index in [0.29, 0.717) is 19.5 Å². The number of rotatable bonds is 36. The van der Waals surface area contributed by atoms with E-state index in [1.54, 1.807) is 46.0 Å². The van der Waals surface area contributed by atoms with E-state index in [1.165, 1.54) is 41.5 Å². The fourth-order valence-corrected chi connectivity index (χ4v) is 9.12. The molecule has 22 nitrogen and oxygen atoms in total. The number of carbonyl (C=O) groups excluding carboxylic acids is 9. The zero-order chi connectivity index (χ0) is 62.1. The van der Waals surface area contributed by atoms with Gasteiger partial charge in [-0.15, -0.1) is 0 Å². The van der Waals surface area contributed by atoms with Gasteiger partial charge in [-0.1, -0.05) is 99.6 Å². The fraction of sp³-hybridized carbons (Fsp3) is 0.532. The summed E-state index contributed by atoms with van der Waals surface area (Å²) >= 11 is 0. The number of nitrogens with two attached hydrogens (primary N) is 1. The summed E-state index contributed by atoms with van der Waals surface area (Å²) in [6.45, 7) is 18.3. The van der Waals surface area contributed by atoms with Crippen LogP contribution >= 0.6 is 0 Å². The molecule has 0 aliphatic heterocycles. The van der Waals surface area contributed by atoms with Crippen LogP contribution in [0.1, 0.15) is 124 Å². The Morgan fingerprint density at radius 2 is 1.06 bits per heavy atom. The van der Waals surface area contributed by atoms with Gasteiger partial charge in [0, 0.05) is 49.5 Å². The molecule has 9 amide bonds. The predicted octanol–water partition coefficient (Wildman–Crippen LogP) is 2.35. The molecule has 0 radical (unpaired) electrons. The topological polar surface area (TPSA) is 328 Å². The quantitative estimate of drug-likeness (QED) is 0.0292. The molecule has 4 aromatic rings. The van der Waals surface area contributed by atoms with Gasteiger partial charge >= 0.3 is 0 Å². The Morgan fingerprint density at radius 3 is 1.65 bits per heavy atom. The molecule has 0 unspecified atom stereocenters. The first-order valence-electron chi connectivity index (χ1n) is 29.3. The lowest BCUT2D eigenvalue weighted by molar-refractivity contribution is -0.140. The van der Waals surface area contributed by atoms with Gasteiger partial charge in [0.25, 0.3) is 0 Å². The highest BCUT2D eigenvalue weighted by molar-refractivity contribution is 6.00. The summed E-state index contributed by atoms with van der Waals surface area (Å²) < 4.78 is 0. The molecule has 0 aliphatic rings. The highest BCUT2D eigenvalue weighted by Crippen LogP contribution is 2.21.